The van der Waals surface area contributed by atoms with Crippen LogP contribution in [-0.4, -0.2) is 16.6 Å². The summed E-state index contributed by atoms with van der Waals surface area (Å²) >= 11 is 3.25. The summed E-state index contributed by atoms with van der Waals surface area (Å²) in [6.45, 7) is -1.05. The molecule has 0 aliphatic heterocycles. The largest absolute Gasteiger partial charge is 0.435 e. The van der Waals surface area contributed by atoms with Gasteiger partial charge in [0, 0.05) is 26.6 Å². The second kappa shape index (κ2) is 7.63. The summed E-state index contributed by atoms with van der Waals surface area (Å²) in [6.07, 6.45) is 3.58. The van der Waals surface area contributed by atoms with E-state index in [9.17, 15) is 13.0 Å². The van der Waals surface area contributed by atoms with Gasteiger partial charge in [0.15, 0.2) is 0 Å². The molecule has 0 saturated carbocycles. The summed E-state index contributed by atoms with van der Waals surface area (Å²) in [5, 5.41) is 0. The van der Waals surface area contributed by atoms with Crippen LogP contribution in [-0.2, 0) is 16.6 Å². The number of alkyl halides is 2. The number of hydrogen-bond acceptors (Lipinski definition) is 2. The van der Waals surface area contributed by atoms with Gasteiger partial charge >= 0.3 is 6.61 Å². The van der Waals surface area contributed by atoms with Crippen molar-refractivity contribution in [3.8, 4) is 5.75 Å². The Kier molecular flexibility index (Phi) is 6.49. The lowest BCUT2D eigenvalue weighted by atomic mass is 10.2. The normalized spacial score (nSPS) is 13.2. The first-order valence-electron chi connectivity index (χ1n) is 5.22. The Hall–Kier alpha value is -0.750. The number of hydrogen-bond donors (Lipinski definition) is 0. The summed E-state index contributed by atoms with van der Waals surface area (Å²) in [7, 11) is -1.14. The highest BCUT2D eigenvalue weighted by Gasteiger charge is 2.12. The molecule has 0 fully saturated rings. The molecular weight excluding hydrogens is 326 g/mol. The van der Waals surface area contributed by atoms with Gasteiger partial charge in [0.05, 0.1) is 5.75 Å². The van der Waals surface area contributed by atoms with E-state index >= 15 is 0 Å². The van der Waals surface area contributed by atoms with Gasteiger partial charge in [-0.25, -0.2) is 0 Å². The summed E-state index contributed by atoms with van der Waals surface area (Å²) in [5.74, 6) is 0.658. The molecule has 1 aromatic carbocycles. The molecule has 1 aromatic rings. The van der Waals surface area contributed by atoms with Crippen molar-refractivity contribution in [2.45, 2.75) is 19.3 Å². The van der Waals surface area contributed by atoms with Crippen LogP contribution in [0.15, 0.2) is 34.8 Å². The van der Waals surface area contributed by atoms with Gasteiger partial charge in [0.25, 0.3) is 0 Å². The van der Waals surface area contributed by atoms with Crippen LogP contribution in [0.5, 0.6) is 5.75 Å². The SMILES string of the molecule is CC=CCS(=O)Cc1cc(Br)ccc1OC(F)F. The molecule has 0 aliphatic carbocycles. The molecule has 18 heavy (non-hydrogen) atoms. The Morgan fingerprint density at radius 2 is 2.22 bits per heavy atom. The first-order chi connectivity index (χ1) is 8.52. The number of benzene rings is 1. The zero-order chi connectivity index (χ0) is 13.5. The Balaban J connectivity index is 2.84. The second-order valence-corrected chi connectivity index (χ2v) is 5.87. The molecule has 0 saturated heterocycles. The molecule has 0 aliphatic rings. The lowest BCUT2D eigenvalue weighted by Crippen LogP contribution is -2.06. The van der Waals surface area contributed by atoms with E-state index in [4.69, 9.17) is 0 Å². The van der Waals surface area contributed by atoms with Crippen molar-refractivity contribution in [2.75, 3.05) is 5.75 Å². The van der Waals surface area contributed by atoms with Crippen LogP contribution in [0.3, 0.4) is 0 Å². The van der Waals surface area contributed by atoms with Crippen LogP contribution < -0.4 is 4.74 Å². The molecule has 1 unspecified atom stereocenters. The van der Waals surface area contributed by atoms with Gasteiger partial charge in [-0.1, -0.05) is 28.1 Å². The zero-order valence-corrected chi connectivity index (χ0v) is 12.1. The Bertz CT molecular complexity index is 450. The van der Waals surface area contributed by atoms with E-state index in [1.807, 2.05) is 6.92 Å². The number of allylic oxidation sites excluding steroid dienone is 1. The number of rotatable bonds is 6. The molecule has 2 nitrogen and oxygen atoms in total. The highest BCUT2D eigenvalue weighted by atomic mass is 79.9. The molecule has 1 rings (SSSR count). The van der Waals surface area contributed by atoms with Gasteiger partial charge in [-0.2, -0.15) is 8.78 Å². The van der Waals surface area contributed by atoms with Gasteiger partial charge in [-0.15, -0.1) is 0 Å². The van der Waals surface area contributed by atoms with Crippen molar-refractivity contribution < 1.29 is 17.7 Å². The molecule has 0 aromatic heterocycles. The minimum absolute atomic E-state index is 0.0713. The Morgan fingerprint density at radius 3 is 2.83 bits per heavy atom. The number of ether oxygens (including phenoxy) is 1. The Labute approximate surface area is 116 Å². The van der Waals surface area contributed by atoms with E-state index in [2.05, 4.69) is 20.7 Å². The van der Waals surface area contributed by atoms with E-state index in [1.165, 1.54) is 6.07 Å². The maximum absolute atomic E-state index is 12.2. The van der Waals surface area contributed by atoms with Crippen molar-refractivity contribution in [2.24, 2.45) is 0 Å². The fourth-order valence-electron chi connectivity index (χ4n) is 1.31. The average Bonchev–Trinajstić information content (AvgIpc) is 2.29. The first kappa shape index (κ1) is 15.3. The number of halogens is 3. The molecule has 0 amide bonds. The van der Waals surface area contributed by atoms with Gasteiger partial charge < -0.3 is 4.74 Å². The molecule has 0 bridgehead atoms. The molecule has 0 radical (unpaired) electrons. The maximum atomic E-state index is 12.2. The van der Waals surface area contributed by atoms with E-state index in [1.54, 1.807) is 24.3 Å². The predicted octanol–water partition coefficient (Wildman–Crippen LogP) is 3.88. The van der Waals surface area contributed by atoms with Crippen LogP contribution in [0.25, 0.3) is 0 Å². The van der Waals surface area contributed by atoms with Gasteiger partial charge in [0.2, 0.25) is 0 Å². The molecule has 6 heteroatoms. The third-order valence-corrected chi connectivity index (χ3v) is 3.76. The van der Waals surface area contributed by atoms with Gasteiger partial charge in [0.1, 0.15) is 5.75 Å². The summed E-state index contributed by atoms with van der Waals surface area (Å²) < 4.78 is 41.3. The highest BCUT2D eigenvalue weighted by Crippen LogP contribution is 2.26. The standard InChI is InChI=1S/C12H13BrF2O2S/c1-2-3-6-18(16)8-9-7-10(13)4-5-11(9)17-12(14)15/h2-5,7,12H,6,8H2,1H3. The van der Waals surface area contributed by atoms with E-state index in [-0.39, 0.29) is 11.5 Å². The zero-order valence-electron chi connectivity index (χ0n) is 9.74. The molecular formula is C12H13BrF2O2S. The fourth-order valence-corrected chi connectivity index (χ4v) is 2.81. The average molecular weight is 339 g/mol. The lowest BCUT2D eigenvalue weighted by Gasteiger charge is -2.10. The van der Waals surface area contributed by atoms with Gasteiger partial charge in [-0.05, 0) is 25.1 Å². The minimum Gasteiger partial charge on any atom is -0.435 e. The van der Waals surface area contributed by atoms with Crippen LogP contribution in [0, 0.1) is 0 Å². The molecule has 0 N–H and O–H groups in total. The highest BCUT2D eigenvalue weighted by molar-refractivity contribution is 9.10. The first-order valence-corrected chi connectivity index (χ1v) is 7.50. The van der Waals surface area contributed by atoms with E-state index in [0.29, 0.717) is 11.3 Å². The lowest BCUT2D eigenvalue weighted by molar-refractivity contribution is -0.0503. The molecule has 100 valence electrons. The Morgan fingerprint density at radius 1 is 1.50 bits per heavy atom. The minimum atomic E-state index is -2.88. The van der Waals surface area contributed by atoms with Crippen molar-refractivity contribution in [1.82, 2.24) is 0 Å². The molecule has 0 spiro atoms. The monoisotopic (exact) mass is 338 g/mol. The van der Waals surface area contributed by atoms with Crippen LogP contribution in [0.4, 0.5) is 8.78 Å². The van der Waals surface area contributed by atoms with Crippen LogP contribution >= 0.6 is 15.9 Å². The summed E-state index contributed by atoms with van der Waals surface area (Å²) in [5.41, 5.74) is 0.507. The maximum Gasteiger partial charge on any atom is 0.387 e. The fraction of sp³-hybridized carbons (Fsp3) is 0.333. The van der Waals surface area contributed by atoms with Crippen LogP contribution in [0.2, 0.25) is 0 Å². The van der Waals surface area contributed by atoms with Crippen LogP contribution in [0.1, 0.15) is 12.5 Å². The van der Waals surface area contributed by atoms with E-state index in [0.717, 1.165) is 4.47 Å². The molecule has 0 heterocycles. The van der Waals surface area contributed by atoms with Crippen molar-refractivity contribution in [3.63, 3.8) is 0 Å². The summed E-state index contributed by atoms with van der Waals surface area (Å²) in [4.78, 5) is 0. The third kappa shape index (κ3) is 5.27. The second-order valence-electron chi connectivity index (χ2n) is 3.45. The summed E-state index contributed by atoms with van der Waals surface area (Å²) in [6, 6.07) is 4.69. The topological polar surface area (TPSA) is 26.3 Å². The van der Waals surface area contributed by atoms with Crippen molar-refractivity contribution >= 4 is 26.7 Å². The van der Waals surface area contributed by atoms with Gasteiger partial charge in [-0.3, -0.25) is 4.21 Å². The van der Waals surface area contributed by atoms with E-state index < -0.39 is 17.4 Å². The molecule has 1 atom stereocenters. The predicted molar refractivity (Wildman–Crippen MR) is 72.3 cm³/mol. The van der Waals surface area contributed by atoms with Crippen molar-refractivity contribution in [3.05, 3.63) is 40.4 Å². The van der Waals surface area contributed by atoms with Crippen molar-refractivity contribution in [1.29, 1.82) is 0 Å². The third-order valence-electron chi connectivity index (χ3n) is 2.07. The smallest absolute Gasteiger partial charge is 0.387 e. The quantitative estimate of drug-likeness (QED) is 0.736.